The van der Waals surface area contributed by atoms with Gasteiger partial charge in [0.1, 0.15) is 0 Å². The van der Waals surface area contributed by atoms with Gasteiger partial charge in [0, 0.05) is 18.4 Å². The van der Waals surface area contributed by atoms with E-state index in [9.17, 15) is 0 Å². The second-order valence-electron chi connectivity index (χ2n) is 4.41. The zero-order valence-electron chi connectivity index (χ0n) is 12.2. The zero-order valence-corrected chi connectivity index (χ0v) is 13.0. The molecule has 0 saturated heterocycles. The van der Waals surface area contributed by atoms with Gasteiger partial charge >= 0.3 is 0 Å². The maximum absolute atomic E-state index is 5.41. The van der Waals surface area contributed by atoms with Crippen molar-refractivity contribution in [2.24, 2.45) is 5.84 Å². The standard InChI is InChI=1S/C12H20N8S/c1-3-21-8-5-9(2)15-10-16-11(19-13)18-12(17-10)20-7-4-6-14-20/h4,6-7,9H,3,5,8,13H2,1-2H3,(H2,15,16,17,18,19). The van der Waals surface area contributed by atoms with Crippen LogP contribution in [0.15, 0.2) is 18.5 Å². The Labute approximate surface area is 127 Å². The molecule has 2 aromatic heterocycles. The van der Waals surface area contributed by atoms with Crippen molar-refractivity contribution in [2.75, 3.05) is 22.2 Å². The maximum Gasteiger partial charge on any atom is 0.257 e. The lowest BCUT2D eigenvalue weighted by Gasteiger charge is -2.14. The summed E-state index contributed by atoms with van der Waals surface area (Å²) in [6, 6.07) is 2.07. The van der Waals surface area contributed by atoms with Crippen molar-refractivity contribution in [1.82, 2.24) is 24.7 Å². The lowest BCUT2D eigenvalue weighted by molar-refractivity contribution is 0.745. The molecule has 0 aromatic carbocycles. The Morgan fingerprint density at radius 3 is 2.81 bits per heavy atom. The molecule has 2 heterocycles. The van der Waals surface area contributed by atoms with Crippen LogP contribution in [0.25, 0.3) is 5.95 Å². The summed E-state index contributed by atoms with van der Waals surface area (Å²) in [5.74, 6) is 8.84. The van der Waals surface area contributed by atoms with Crippen LogP contribution in [-0.4, -0.2) is 42.3 Å². The second kappa shape index (κ2) is 7.79. The third-order valence-corrected chi connectivity index (χ3v) is 3.67. The average molecular weight is 308 g/mol. The largest absolute Gasteiger partial charge is 0.352 e. The Hall–Kier alpha value is -1.87. The van der Waals surface area contributed by atoms with Crippen molar-refractivity contribution < 1.29 is 0 Å². The first-order valence-electron chi connectivity index (χ1n) is 6.80. The fourth-order valence-corrected chi connectivity index (χ4v) is 2.49. The van der Waals surface area contributed by atoms with Gasteiger partial charge < -0.3 is 5.32 Å². The summed E-state index contributed by atoms with van der Waals surface area (Å²) >= 11 is 1.92. The molecule has 4 N–H and O–H groups in total. The van der Waals surface area contributed by atoms with Crippen molar-refractivity contribution in [3.05, 3.63) is 18.5 Å². The molecule has 1 atom stereocenters. The van der Waals surface area contributed by atoms with Crippen molar-refractivity contribution in [1.29, 1.82) is 0 Å². The topological polar surface area (TPSA) is 107 Å². The van der Waals surface area contributed by atoms with E-state index in [1.807, 2.05) is 11.8 Å². The molecule has 21 heavy (non-hydrogen) atoms. The minimum atomic E-state index is 0.266. The van der Waals surface area contributed by atoms with Crippen molar-refractivity contribution in [2.45, 2.75) is 26.3 Å². The molecule has 0 aliphatic heterocycles. The molecule has 1 unspecified atom stereocenters. The molecule has 0 aliphatic rings. The van der Waals surface area contributed by atoms with Gasteiger partial charge in [-0.15, -0.1) is 0 Å². The lowest BCUT2D eigenvalue weighted by atomic mass is 10.3. The molecule has 0 amide bonds. The summed E-state index contributed by atoms with van der Waals surface area (Å²) in [5, 5.41) is 7.37. The van der Waals surface area contributed by atoms with E-state index in [4.69, 9.17) is 5.84 Å². The van der Waals surface area contributed by atoms with Crippen LogP contribution < -0.4 is 16.6 Å². The summed E-state index contributed by atoms with van der Waals surface area (Å²) in [6.07, 6.45) is 4.46. The predicted octanol–water partition coefficient (Wildman–Crippen LogP) is 1.29. The molecule has 0 radical (unpaired) electrons. The molecule has 0 saturated carbocycles. The summed E-state index contributed by atoms with van der Waals surface area (Å²) in [4.78, 5) is 12.7. The zero-order chi connectivity index (χ0) is 15.1. The predicted molar refractivity (Wildman–Crippen MR) is 85.5 cm³/mol. The first-order chi connectivity index (χ1) is 10.2. The lowest BCUT2D eigenvalue weighted by Crippen LogP contribution is -2.21. The van der Waals surface area contributed by atoms with Crippen molar-refractivity contribution in [3.8, 4) is 5.95 Å². The van der Waals surface area contributed by atoms with E-state index in [2.05, 4.69) is 44.6 Å². The molecule has 2 rings (SSSR count). The van der Waals surface area contributed by atoms with Gasteiger partial charge in [-0.1, -0.05) is 6.92 Å². The molecule has 9 heteroatoms. The molecule has 0 bridgehead atoms. The average Bonchev–Trinajstić information content (AvgIpc) is 3.01. The summed E-state index contributed by atoms with van der Waals surface area (Å²) < 4.78 is 1.56. The van der Waals surface area contributed by atoms with Crippen LogP contribution in [0, 0.1) is 0 Å². The van der Waals surface area contributed by atoms with E-state index >= 15 is 0 Å². The second-order valence-corrected chi connectivity index (χ2v) is 5.80. The van der Waals surface area contributed by atoms with E-state index in [1.54, 1.807) is 23.1 Å². The Balaban J connectivity index is 2.10. The molecular weight excluding hydrogens is 288 g/mol. The fraction of sp³-hybridized carbons (Fsp3) is 0.500. The van der Waals surface area contributed by atoms with Crippen LogP contribution in [0.1, 0.15) is 20.3 Å². The van der Waals surface area contributed by atoms with Crippen molar-refractivity contribution >= 4 is 23.7 Å². The van der Waals surface area contributed by atoms with E-state index < -0.39 is 0 Å². The van der Waals surface area contributed by atoms with Crippen LogP contribution >= 0.6 is 11.8 Å². The van der Waals surface area contributed by atoms with E-state index in [0.717, 1.165) is 17.9 Å². The highest BCUT2D eigenvalue weighted by molar-refractivity contribution is 7.99. The molecule has 8 nitrogen and oxygen atoms in total. The SMILES string of the molecule is CCSCCC(C)Nc1nc(NN)nc(-n2cccn2)n1. The van der Waals surface area contributed by atoms with Crippen LogP contribution in [-0.2, 0) is 0 Å². The quantitative estimate of drug-likeness (QED) is 0.380. The van der Waals surface area contributed by atoms with Gasteiger partial charge in [-0.25, -0.2) is 10.5 Å². The molecule has 0 fully saturated rings. The first-order valence-corrected chi connectivity index (χ1v) is 7.95. The molecule has 2 aromatic rings. The van der Waals surface area contributed by atoms with Crippen LogP contribution in [0.5, 0.6) is 0 Å². The van der Waals surface area contributed by atoms with Gasteiger partial charge in [-0.3, -0.25) is 5.43 Å². The molecule has 0 aliphatic carbocycles. The number of hydrazine groups is 1. The van der Waals surface area contributed by atoms with Crippen LogP contribution in [0.3, 0.4) is 0 Å². The summed E-state index contributed by atoms with van der Waals surface area (Å²) in [6.45, 7) is 4.26. The molecule has 0 spiro atoms. The number of nitrogens with one attached hydrogen (secondary N) is 2. The number of hydrogen-bond donors (Lipinski definition) is 3. The normalized spacial score (nSPS) is 12.1. The van der Waals surface area contributed by atoms with Gasteiger partial charge in [0.05, 0.1) is 0 Å². The number of aromatic nitrogens is 5. The van der Waals surface area contributed by atoms with E-state index in [1.165, 1.54) is 0 Å². The number of thioether (sulfide) groups is 1. The Morgan fingerprint density at radius 1 is 1.33 bits per heavy atom. The highest BCUT2D eigenvalue weighted by Gasteiger charge is 2.10. The number of rotatable bonds is 8. The number of anilines is 2. The third-order valence-electron chi connectivity index (χ3n) is 2.74. The fourth-order valence-electron chi connectivity index (χ4n) is 1.68. The number of hydrogen-bond acceptors (Lipinski definition) is 8. The maximum atomic E-state index is 5.41. The summed E-state index contributed by atoms with van der Waals surface area (Å²) in [5.41, 5.74) is 2.45. The van der Waals surface area contributed by atoms with Gasteiger partial charge in [0.2, 0.25) is 11.9 Å². The Kier molecular flexibility index (Phi) is 5.76. The van der Waals surface area contributed by atoms with Crippen LogP contribution in [0.4, 0.5) is 11.9 Å². The van der Waals surface area contributed by atoms with Gasteiger partial charge in [0.25, 0.3) is 5.95 Å². The highest BCUT2D eigenvalue weighted by atomic mass is 32.2. The van der Waals surface area contributed by atoms with E-state index in [0.29, 0.717) is 17.8 Å². The number of nitrogen functional groups attached to an aromatic ring is 1. The third kappa shape index (κ3) is 4.57. The molecular formula is C12H20N8S. The minimum Gasteiger partial charge on any atom is -0.352 e. The first kappa shape index (κ1) is 15.5. The molecule has 114 valence electrons. The van der Waals surface area contributed by atoms with Crippen LogP contribution in [0.2, 0.25) is 0 Å². The Morgan fingerprint density at radius 2 is 2.14 bits per heavy atom. The summed E-state index contributed by atoms with van der Waals surface area (Å²) in [7, 11) is 0. The number of nitrogens with two attached hydrogens (primary N) is 1. The monoisotopic (exact) mass is 308 g/mol. The van der Waals surface area contributed by atoms with Gasteiger partial charge in [-0.2, -0.15) is 31.8 Å². The van der Waals surface area contributed by atoms with E-state index in [-0.39, 0.29) is 6.04 Å². The van der Waals surface area contributed by atoms with Crippen molar-refractivity contribution in [3.63, 3.8) is 0 Å². The Bertz CT molecular complexity index is 544. The smallest absolute Gasteiger partial charge is 0.257 e. The van der Waals surface area contributed by atoms with Gasteiger partial charge in [0.15, 0.2) is 0 Å². The highest BCUT2D eigenvalue weighted by Crippen LogP contribution is 2.11. The number of nitrogens with zero attached hydrogens (tertiary/aromatic N) is 5. The van der Waals surface area contributed by atoms with Gasteiger partial charge in [-0.05, 0) is 30.9 Å². The minimum absolute atomic E-state index is 0.266.